The molecule has 0 saturated carbocycles. The van der Waals surface area contributed by atoms with Gasteiger partial charge in [0.2, 0.25) is 0 Å². The zero-order chi connectivity index (χ0) is 15.2. The number of likely N-dealkylation sites (tertiary alicyclic amines) is 1. The van der Waals surface area contributed by atoms with Crippen molar-refractivity contribution in [2.75, 3.05) is 26.8 Å². The molecule has 118 valence electrons. The van der Waals surface area contributed by atoms with E-state index in [1.807, 2.05) is 12.1 Å². The van der Waals surface area contributed by atoms with Gasteiger partial charge < -0.3 is 15.6 Å². The Balaban J connectivity index is 2.24. The number of nitrogens with two attached hydrogens (primary N) is 1. The quantitative estimate of drug-likeness (QED) is 0.844. The predicted molar refractivity (Wildman–Crippen MR) is 85.4 cm³/mol. The van der Waals surface area contributed by atoms with Gasteiger partial charge in [-0.05, 0) is 49.4 Å². The average molecular weight is 292 g/mol. The van der Waals surface area contributed by atoms with Gasteiger partial charge in [-0.2, -0.15) is 0 Å². The molecule has 0 amide bonds. The third-order valence-corrected chi connectivity index (χ3v) is 4.51. The van der Waals surface area contributed by atoms with Crippen molar-refractivity contribution >= 4 is 0 Å². The van der Waals surface area contributed by atoms with E-state index in [1.165, 1.54) is 5.56 Å². The van der Waals surface area contributed by atoms with Crippen molar-refractivity contribution in [3.05, 3.63) is 29.8 Å². The van der Waals surface area contributed by atoms with Crippen molar-refractivity contribution in [3.8, 4) is 5.75 Å². The minimum Gasteiger partial charge on any atom is -0.497 e. The maximum atomic E-state index is 9.46. The number of hydrogen-bond donors (Lipinski definition) is 2. The second kappa shape index (κ2) is 7.78. The summed E-state index contributed by atoms with van der Waals surface area (Å²) in [5.41, 5.74) is 7.62. The van der Waals surface area contributed by atoms with Gasteiger partial charge in [-0.3, -0.25) is 4.90 Å². The Morgan fingerprint density at radius 2 is 2.29 bits per heavy atom. The maximum absolute atomic E-state index is 9.46. The highest BCUT2D eigenvalue weighted by Crippen LogP contribution is 2.31. The summed E-state index contributed by atoms with van der Waals surface area (Å²) < 4.78 is 5.35. The van der Waals surface area contributed by atoms with Gasteiger partial charge in [0.1, 0.15) is 5.75 Å². The number of piperidine rings is 1. The molecule has 1 aromatic rings. The normalized spacial score (nSPS) is 22.8. The summed E-state index contributed by atoms with van der Waals surface area (Å²) in [6.07, 6.45) is 3.17. The lowest BCUT2D eigenvalue weighted by atomic mass is 9.91. The van der Waals surface area contributed by atoms with Crippen LogP contribution in [0.4, 0.5) is 0 Å². The van der Waals surface area contributed by atoms with Gasteiger partial charge in [0.05, 0.1) is 13.2 Å². The molecule has 0 bridgehead atoms. The van der Waals surface area contributed by atoms with Crippen LogP contribution in [0.3, 0.4) is 0 Å². The molecule has 21 heavy (non-hydrogen) atoms. The SMILES string of the molecule is CCC(N)C(c1cccc(OC)c1)N1CCCC(CO)C1. The first kappa shape index (κ1) is 16.3. The minimum absolute atomic E-state index is 0.0922. The highest BCUT2D eigenvalue weighted by atomic mass is 16.5. The second-order valence-corrected chi connectivity index (χ2v) is 5.98. The molecule has 3 unspecified atom stereocenters. The van der Waals surface area contributed by atoms with Crippen LogP contribution in [0.15, 0.2) is 24.3 Å². The lowest BCUT2D eigenvalue weighted by Crippen LogP contribution is -2.46. The van der Waals surface area contributed by atoms with Gasteiger partial charge in [-0.15, -0.1) is 0 Å². The van der Waals surface area contributed by atoms with Crippen molar-refractivity contribution in [2.45, 2.75) is 38.3 Å². The van der Waals surface area contributed by atoms with Crippen molar-refractivity contribution in [3.63, 3.8) is 0 Å². The topological polar surface area (TPSA) is 58.7 Å². The van der Waals surface area contributed by atoms with Gasteiger partial charge in [0, 0.05) is 19.2 Å². The minimum atomic E-state index is 0.0922. The lowest BCUT2D eigenvalue weighted by Gasteiger charge is -2.40. The Hall–Kier alpha value is -1.10. The molecule has 3 N–H and O–H groups in total. The van der Waals surface area contributed by atoms with E-state index in [1.54, 1.807) is 7.11 Å². The van der Waals surface area contributed by atoms with Crippen molar-refractivity contribution in [1.29, 1.82) is 0 Å². The van der Waals surface area contributed by atoms with Crippen LogP contribution in [0.1, 0.15) is 37.8 Å². The molecule has 3 atom stereocenters. The number of methoxy groups -OCH3 is 1. The van der Waals surface area contributed by atoms with Crippen LogP contribution in [0, 0.1) is 5.92 Å². The van der Waals surface area contributed by atoms with Crippen LogP contribution in [0.2, 0.25) is 0 Å². The molecule has 1 aromatic carbocycles. The molecule has 0 aliphatic carbocycles. The fourth-order valence-electron chi connectivity index (χ4n) is 3.28. The van der Waals surface area contributed by atoms with Crippen molar-refractivity contribution in [2.24, 2.45) is 11.7 Å². The predicted octanol–water partition coefficient (Wildman–Crippen LogP) is 2.18. The van der Waals surface area contributed by atoms with Crippen LogP contribution < -0.4 is 10.5 Å². The van der Waals surface area contributed by atoms with Gasteiger partial charge in [-0.25, -0.2) is 0 Å². The Kier molecular flexibility index (Phi) is 6.03. The maximum Gasteiger partial charge on any atom is 0.119 e. The lowest BCUT2D eigenvalue weighted by molar-refractivity contribution is 0.0763. The molecule has 0 spiro atoms. The van der Waals surface area contributed by atoms with Crippen LogP contribution in [-0.4, -0.2) is 42.9 Å². The van der Waals surface area contributed by atoms with Crippen LogP contribution >= 0.6 is 0 Å². The number of benzene rings is 1. The molecule has 1 fully saturated rings. The molecule has 0 aromatic heterocycles. The van der Waals surface area contributed by atoms with E-state index in [4.69, 9.17) is 10.5 Å². The van der Waals surface area contributed by atoms with Gasteiger partial charge in [-0.1, -0.05) is 19.1 Å². The van der Waals surface area contributed by atoms with Gasteiger partial charge >= 0.3 is 0 Å². The van der Waals surface area contributed by atoms with E-state index in [0.29, 0.717) is 5.92 Å². The highest BCUT2D eigenvalue weighted by Gasteiger charge is 2.30. The first-order valence-electron chi connectivity index (χ1n) is 7.94. The molecule has 2 rings (SSSR count). The molecule has 4 nitrogen and oxygen atoms in total. The average Bonchev–Trinajstić information content (AvgIpc) is 2.55. The molecular weight excluding hydrogens is 264 g/mol. The van der Waals surface area contributed by atoms with E-state index < -0.39 is 0 Å². The summed E-state index contributed by atoms with van der Waals surface area (Å²) in [5, 5.41) is 9.46. The summed E-state index contributed by atoms with van der Waals surface area (Å²) >= 11 is 0. The first-order chi connectivity index (χ1) is 10.2. The van der Waals surface area contributed by atoms with E-state index in [-0.39, 0.29) is 18.7 Å². The monoisotopic (exact) mass is 292 g/mol. The Labute approximate surface area is 127 Å². The smallest absolute Gasteiger partial charge is 0.119 e. The van der Waals surface area contributed by atoms with E-state index in [2.05, 4.69) is 24.0 Å². The Bertz CT molecular complexity index is 439. The number of nitrogens with zero attached hydrogens (tertiary/aromatic N) is 1. The molecular formula is C17H28N2O2. The number of ether oxygens (including phenoxy) is 1. The summed E-state index contributed by atoms with van der Waals surface area (Å²) in [6, 6.07) is 8.49. The number of aliphatic hydroxyl groups excluding tert-OH is 1. The highest BCUT2D eigenvalue weighted by molar-refractivity contribution is 5.31. The molecule has 1 saturated heterocycles. The fourth-order valence-corrected chi connectivity index (χ4v) is 3.28. The zero-order valence-electron chi connectivity index (χ0n) is 13.2. The Morgan fingerprint density at radius 1 is 1.48 bits per heavy atom. The van der Waals surface area contributed by atoms with Crippen LogP contribution in [0.5, 0.6) is 5.75 Å². The Morgan fingerprint density at radius 3 is 2.95 bits per heavy atom. The van der Waals surface area contributed by atoms with Crippen LogP contribution in [-0.2, 0) is 0 Å². The third kappa shape index (κ3) is 3.96. The van der Waals surface area contributed by atoms with Gasteiger partial charge in [0.25, 0.3) is 0 Å². The summed E-state index contributed by atoms with van der Waals surface area (Å²) in [5.74, 6) is 1.24. The largest absolute Gasteiger partial charge is 0.497 e. The molecule has 1 heterocycles. The first-order valence-corrected chi connectivity index (χ1v) is 7.94. The van der Waals surface area contributed by atoms with E-state index >= 15 is 0 Å². The zero-order valence-corrected chi connectivity index (χ0v) is 13.2. The summed E-state index contributed by atoms with van der Waals surface area (Å²) in [6.45, 7) is 4.37. The fraction of sp³-hybridized carbons (Fsp3) is 0.647. The number of hydrogen-bond acceptors (Lipinski definition) is 4. The van der Waals surface area contributed by atoms with Gasteiger partial charge in [0.15, 0.2) is 0 Å². The number of aliphatic hydroxyl groups is 1. The second-order valence-electron chi connectivity index (χ2n) is 5.98. The molecule has 4 heteroatoms. The standard InChI is InChI=1S/C17H28N2O2/c1-3-16(18)17(14-7-4-8-15(10-14)21-2)19-9-5-6-13(11-19)12-20/h4,7-8,10,13,16-17,20H,3,5-6,9,11-12,18H2,1-2H3. The summed E-state index contributed by atoms with van der Waals surface area (Å²) in [4.78, 5) is 2.44. The molecule has 1 aliphatic rings. The van der Waals surface area contributed by atoms with E-state index in [9.17, 15) is 5.11 Å². The molecule has 0 radical (unpaired) electrons. The van der Waals surface area contributed by atoms with E-state index in [0.717, 1.165) is 38.1 Å². The third-order valence-electron chi connectivity index (χ3n) is 4.51. The van der Waals surface area contributed by atoms with Crippen molar-refractivity contribution in [1.82, 2.24) is 4.90 Å². The van der Waals surface area contributed by atoms with Crippen molar-refractivity contribution < 1.29 is 9.84 Å². The number of rotatable bonds is 6. The molecule has 1 aliphatic heterocycles. The summed E-state index contributed by atoms with van der Waals surface area (Å²) in [7, 11) is 1.69. The van der Waals surface area contributed by atoms with Crippen LogP contribution in [0.25, 0.3) is 0 Å².